The number of nitrogens with one attached hydrogen (secondary N) is 1. The van der Waals surface area contributed by atoms with Crippen LogP contribution in [0.3, 0.4) is 0 Å². The van der Waals surface area contributed by atoms with Crippen LogP contribution >= 0.6 is 11.3 Å². The quantitative estimate of drug-likeness (QED) is 0.856. The molecule has 0 amide bonds. The lowest BCUT2D eigenvalue weighted by atomic mass is 9.95. The summed E-state index contributed by atoms with van der Waals surface area (Å²) in [5.74, 6) is 0.672. The zero-order valence-electron chi connectivity index (χ0n) is 13.9. The van der Waals surface area contributed by atoms with Gasteiger partial charge in [-0.1, -0.05) is 23.8 Å². The fraction of sp³-hybridized carbons (Fsp3) is 0.444. The number of rotatable bonds is 6. The summed E-state index contributed by atoms with van der Waals surface area (Å²) in [6.07, 6.45) is 2.32. The van der Waals surface area contributed by atoms with Gasteiger partial charge in [0.2, 0.25) is 10.0 Å². The average molecular weight is 365 g/mol. The first kappa shape index (κ1) is 17.6. The zero-order chi connectivity index (χ0) is 17.0. The predicted molar refractivity (Wildman–Crippen MR) is 99.1 cm³/mol. The number of piperidine rings is 1. The van der Waals surface area contributed by atoms with E-state index < -0.39 is 10.0 Å². The Bertz CT molecular complexity index is 732. The summed E-state index contributed by atoms with van der Waals surface area (Å²) >= 11 is 1.84. The van der Waals surface area contributed by atoms with Crippen molar-refractivity contribution >= 4 is 21.4 Å². The lowest BCUT2D eigenvalue weighted by molar-refractivity contribution is 0.217. The molecule has 1 aromatic heterocycles. The fourth-order valence-electron chi connectivity index (χ4n) is 3.10. The van der Waals surface area contributed by atoms with Crippen molar-refractivity contribution in [2.24, 2.45) is 0 Å². The molecule has 1 saturated heterocycles. The Morgan fingerprint density at radius 3 is 2.50 bits per heavy atom. The van der Waals surface area contributed by atoms with Crippen molar-refractivity contribution in [3.63, 3.8) is 0 Å². The smallest absolute Gasteiger partial charge is 0.240 e. The molecule has 24 heavy (non-hydrogen) atoms. The molecule has 2 aromatic rings. The van der Waals surface area contributed by atoms with Crippen LogP contribution in [0.1, 0.15) is 29.2 Å². The lowest BCUT2D eigenvalue weighted by Gasteiger charge is -2.31. The van der Waals surface area contributed by atoms with Gasteiger partial charge < -0.3 is 4.90 Å². The number of hydrogen-bond acceptors (Lipinski definition) is 4. The van der Waals surface area contributed by atoms with Crippen molar-refractivity contribution in [1.82, 2.24) is 9.62 Å². The Kier molecular flexibility index (Phi) is 5.71. The molecule has 0 atom stereocenters. The number of thiophene rings is 1. The second kappa shape index (κ2) is 7.78. The molecule has 1 N–H and O–H groups in total. The van der Waals surface area contributed by atoms with Crippen LogP contribution in [0.2, 0.25) is 0 Å². The molecular formula is C18H24N2O2S2. The zero-order valence-corrected chi connectivity index (χ0v) is 15.6. The van der Waals surface area contributed by atoms with E-state index in [1.807, 2.05) is 30.4 Å². The van der Waals surface area contributed by atoms with Crippen molar-refractivity contribution in [2.75, 3.05) is 26.2 Å². The first-order chi connectivity index (χ1) is 11.5. The molecule has 1 aromatic carbocycles. The minimum Gasteiger partial charge on any atom is -0.302 e. The van der Waals surface area contributed by atoms with Gasteiger partial charge in [0.25, 0.3) is 0 Å². The van der Waals surface area contributed by atoms with Gasteiger partial charge in [-0.2, -0.15) is 0 Å². The molecule has 0 spiro atoms. The molecule has 0 aliphatic carbocycles. The number of hydrogen-bond donors (Lipinski definition) is 1. The molecule has 1 aliphatic heterocycles. The van der Waals surface area contributed by atoms with E-state index in [0.29, 0.717) is 17.4 Å². The van der Waals surface area contributed by atoms with Gasteiger partial charge in [0.1, 0.15) is 0 Å². The lowest BCUT2D eigenvalue weighted by Crippen LogP contribution is -2.39. The van der Waals surface area contributed by atoms with Crippen LogP contribution in [0.4, 0.5) is 0 Å². The highest BCUT2D eigenvalue weighted by Gasteiger charge is 2.21. The number of sulfonamides is 1. The molecule has 3 rings (SSSR count). The first-order valence-corrected chi connectivity index (χ1v) is 10.7. The Morgan fingerprint density at radius 2 is 1.88 bits per heavy atom. The second-order valence-corrected chi connectivity index (χ2v) is 9.09. The van der Waals surface area contributed by atoms with Gasteiger partial charge in [-0.25, -0.2) is 13.1 Å². The van der Waals surface area contributed by atoms with Crippen molar-refractivity contribution in [2.45, 2.75) is 30.6 Å². The van der Waals surface area contributed by atoms with E-state index in [2.05, 4.69) is 27.1 Å². The average Bonchev–Trinajstić information content (AvgIpc) is 3.10. The van der Waals surface area contributed by atoms with Gasteiger partial charge >= 0.3 is 0 Å². The summed E-state index contributed by atoms with van der Waals surface area (Å²) < 4.78 is 27.2. The van der Waals surface area contributed by atoms with Crippen molar-refractivity contribution in [3.8, 4) is 0 Å². The molecule has 0 radical (unpaired) electrons. The molecule has 1 aliphatic rings. The Labute approximate surface area is 148 Å². The van der Waals surface area contributed by atoms with Gasteiger partial charge in [-0.05, 0) is 62.4 Å². The van der Waals surface area contributed by atoms with Crippen LogP contribution in [0.15, 0.2) is 46.7 Å². The van der Waals surface area contributed by atoms with E-state index in [-0.39, 0.29) is 0 Å². The third kappa shape index (κ3) is 4.45. The molecule has 1 fully saturated rings. The minimum atomic E-state index is -3.40. The fourth-order valence-corrected chi connectivity index (χ4v) is 5.02. The van der Waals surface area contributed by atoms with Crippen LogP contribution in [0.5, 0.6) is 0 Å². The topological polar surface area (TPSA) is 49.4 Å². The molecule has 0 bridgehead atoms. The highest BCUT2D eigenvalue weighted by molar-refractivity contribution is 7.89. The molecular weight excluding hydrogens is 340 g/mol. The normalized spacial score (nSPS) is 17.2. The summed E-state index contributed by atoms with van der Waals surface area (Å²) in [7, 11) is -3.40. The summed E-state index contributed by atoms with van der Waals surface area (Å²) in [6.45, 7) is 5.25. The van der Waals surface area contributed by atoms with E-state index in [1.165, 1.54) is 4.88 Å². The molecule has 6 heteroatoms. The minimum absolute atomic E-state index is 0.338. The highest BCUT2D eigenvalue weighted by Crippen LogP contribution is 2.30. The van der Waals surface area contributed by atoms with Crippen LogP contribution in [-0.4, -0.2) is 39.5 Å². The maximum absolute atomic E-state index is 12.3. The molecule has 0 unspecified atom stereocenters. The van der Waals surface area contributed by atoms with Crippen LogP contribution in [-0.2, 0) is 10.0 Å². The molecule has 2 heterocycles. The highest BCUT2D eigenvalue weighted by atomic mass is 32.2. The summed E-state index contributed by atoms with van der Waals surface area (Å²) in [4.78, 5) is 4.17. The standard InChI is InChI=1S/C18H24N2O2S2/c1-15-4-6-17(7-5-15)24(21,22)19-10-13-20-11-8-16(9-12-20)18-3-2-14-23-18/h2-7,14,16,19H,8-13H2,1H3. The molecule has 4 nitrogen and oxygen atoms in total. The maximum Gasteiger partial charge on any atom is 0.240 e. The van der Waals surface area contributed by atoms with E-state index >= 15 is 0 Å². The van der Waals surface area contributed by atoms with Crippen molar-refractivity contribution in [1.29, 1.82) is 0 Å². The van der Waals surface area contributed by atoms with Crippen LogP contribution < -0.4 is 4.72 Å². The SMILES string of the molecule is Cc1ccc(S(=O)(=O)NCCN2CCC(c3cccs3)CC2)cc1. The first-order valence-electron chi connectivity index (χ1n) is 8.37. The molecule has 0 saturated carbocycles. The Morgan fingerprint density at radius 1 is 1.17 bits per heavy atom. The summed E-state index contributed by atoms with van der Waals surface area (Å²) in [5.41, 5.74) is 1.06. The summed E-state index contributed by atoms with van der Waals surface area (Å²) in [5, 5.41) is 2.14. The van der Waals surface area contributed by atoms with Gasteiger partial charge in [-0.3, -0.25) is 0 Å². The van der Waals surface area contributed by atoms with E-state index in [1.54, 1.807) is 12.1 Å². The maximum atomic E-state index is 12.3. The predicted octanol–water partition coefficient (Wildman–Crippen LogP) is 3.21. The van der Waals surface area contributed by atoms with Gasteiger partial charge in [0.15, 0.2) is 0 Å². The number of aryl methyl sites for hydroxylation is 1. The van der Waals surface area contributed by atoms with Gasteiger partial charge in [0.05, 0.1) is 4.90 Å². The van der Waals surface area contributed by atoms with Crippen molar-refractivity contribution < 1.29 is 8.42 Å². The third-order valence-corrected chi connectivity index (χ3v) is 7.10. The van der Waals surface area contributed by atoms with E-state index in [9.17, 15) is 8.42 Å². The Balaban J connectivity index is 1.44. The van der Waals surface area contributed by atoms with E-state index in [4.69, 9.17) is 0 Å². The van der Waals surface area contributed by atoms with E-state index in [0.717, 1.165) is 38.0 Å². The van der Waals surface area contributed by atoms with Crippen molar-refractivity contribution in [3.05, 3.63) is 52.2 Å². The third-order valence-electron chi connectivity index (χ3n) is 4.58. The van der Waals surface area contributed by atoms with Gasteiger partial charge in [0, 0.05) is 18.0 Å². The number of nitrogens with zero attached hydrogens (tertiary/aromatic N) is 1. The largest absolute Gasteiger partial charge is 0.302 e. The van der Waals surface area contributed by atoms with Gasteiger partial charge in [-0.15, -0.1) is 11.3 Å². The second-order valence-electron chi connectivity index (χ2n) is 6.34. The van der Waals surface area contributed by atoms with Crippen LogP contribution in [0, 0.1) is 6.92 Å². The number of benzene rings is 1. The molecule has 130 valence electrons. The number of likely N-dealkylation sites (tertiary alicyclic amines) is 1. The Hall–Kier alpha value is -1.21. The monoisotopic (exact) mass is 364 g/mol. The summed E-state index contributed by atoms with van der Waals surface area (Å²) in [6, 6.07) is 11.3. The van der Waals surface area contributed by atoms with Crippen LogP contribution in [0.25, 0.3) is 0 Å².